The lowest BCUT2D eigenvalue weighted by molar-refractivity contribution is 0.415. The molecule has 2 aromatic carbocycles. The van der Waals surface area contributed by atoms with Gasteiger partial charge in [-0.1, -0.05) is 11.6 Å². The number of allylic oxidation sites excluding steroid dienone is 1. The van der Waals surface area contributed by atoms with E-state index >= 15 is 0 Å². The maximum Gasteiger partial charge on any atom is 0.208 e. The first-order chi connectivity index (χ1) is 12.6. The lowest BCUT2D eigenvalue weighted by Crippen LogP contribution is -2.30. The van der Waals surface area contributed by atoms with Crippen LogP contribution in [0, 0.1) is 6.92 Å². The molecule has 132 valence electrons. The molecule has 0 saturated carbocycles. The van der Waals surface area contributed by atoms with E-state index in [0.29, 0.717) is 5.02 Å². The first-order valence-electron chi connectivity index (χ1n) is 8.04. The van der Waals surface area contributed by atoms with Gasteiger partial charge in [-0.05, 0) is 43.3 Å². The summed E-state index contributed by atoms with van der Waals surface area (Å²) in [6.07, 6.45) is 2.14. The van der Waals surface area contributed by atoms with Crippen molar-refractivity contribution in [1.29, 1.82) is 0 Å². The molecule has 0 amide bonds. The summed E-state index contributed by atoms with van der Waals surface area (Å²) in [6.45, 7) is 1.90. The number of benzene rings is 2. The van der Waals surface area contributed by atoms with E-state index in [4.69, 9.17) is 16.3 Å². The van der Waals surface area contributed by atoms with Crippen LogP contribution in [-0.2, 0) is 0 Å². The van der Waals surface area contributed by atoms with Crippen molar-refractivity contribution in [2.45, 2.75) is 13.2 Å². The molecule has 1 aliphatic heterocycles. The summed E-state index contributed by atoms with van der Waals surface area (Å²) in [6, 6.07) is 12.8. The van der Waals surface area contributed by atoms with Crippen LogP contribution < -0.4 is 9.64 Å². The van der Waals surface area contributed by atoms with Gasteiger partial charge in [0.05, 0.1) is 24.4 Å². The third kappa shape index (κ3) is 2.82. The van der Waals surface area contributed by atoms with E-state index in [2.05, 4.69) is 9.98 Å². The van der Waals surface area contributed by atoms with Crippen LogP contribution in [0.4, 0.5) is 10.1 Å². The Balaban J connectivity index is 1.87. The van der Waals surface area contributed by atoms with Crippen molar-refractivity contribution in [3.05, 3.63) is 65.3 Å². The van der Waals surface area contributed by atoms with Crippen LogP contribution in [0.3, 0.4) is 0 Å². The number of aromatic nitrogens is 2. The Morgan fingerprint density at radius 1 is 1.15 bits per heavy atom. The number of ether oxygens (including phenoxy) is 1. The second kappa shape index (κ2) is 6.46. The summed E-state index contributed by atoms with van der Waals surface area (Å²) in [5, 5.41) is 0.615. The highest BCUT2D eigenvalue weighted by molar-refractivity contribution is 6.30. The Bertz CT molecular complexity index is 1030. The number of halogens is 2. The minimum atomic E-state index is -0.507. The number of methoxy groups -OCH3 is 1. The predicted molar refractivity (Wildman–Crippen MR) is 102 cm³/mol. The fourth-order valence-corrected chi connectivity index (χ4v) is 3.19. The molecule has 5 nitrogen and oxygen atoms in total. The van der Waals surface area contributed by atoms with Crippen molar-refractivity contribution in [3.8, 4) is 5.75 Å². The predicted octanol–water partition coefficient (Wildman–Crippen LogP) is 4.86. The normalized spacial score (nSPS) is 16.8. The van der Waals surface area contributed by atoms with Gasteiger partial charge in [0.25, 0.3) is 0 Å². The Morgan fingerprint density at radius 3 is 2.65 bits per heavy atom. The van der Waals surface area contributed by atoms with Crippen molar-refractivity contribution in [3.63, 3.8) is 0 Å². The maximum absolute atomic E-state index is 13.9. The molecular formula is C19H16ClFN4O. The van der Waals surface area contributed by atoms with E-state index < -0.39 is 12.1 Å². The molecule has 7 heteroatoms. The van der Waals surface area contributed by atoms with E-state index in [9.17, 15) is 4.39 Å². The first kappa shape index (κ1) is 16.6. The third-order valence-corrected chi connectivity index (χ3v) is 4.52. The number of hydrogen-bond acceptors (Lipinski definition) is 4. The van der Waals surface area contributed by atoms with Gasteiger partial charge in [-0.25, -0.2) is 14.4 Å². The average molecular weight is 371 g/mol. The zero-order valence-electron chi connectivity index (χ0n) is 14.2. The number of imidazole rings is 1. The molecule has 0 spiro atoms. The van der Waals surface area contributed by atoms with E-state index in [1.54, 1.807) is 24.1 Å². The van der Waals surface area contributed by atoms with Gasteiger partial charge in [-0.2, -0.15) is 0 Å². The van der Waals surface area contributed by atoms with E-state index in [-0.39, 0.29) is 0 Å². The first-order valence-corrected chi connectivity index (χ1v) is 8.41. The number of rotatable bonds is 3. The quantitative estimate of drug-likeness (QED) is 0.661. The number of anilines is 1. The second-order valence-electron chi connectivity index (χ2n) is 5.91. The van der Waals surface area contributed by atoms with Crippen LogP contribution in [0.15, 0.2) is 59.5 Å². The standard InChI is InChI=1S/C19H16ClFN4O/c1-12-23-17-8-7-16(26-2)9-18(17)25(12)19-22-10-14(21)11-24(19)15-5-3-13(20)4-6-15/h3-11,19H,1-2H3. The fraction of sp³-hybridized carbons (Fsp3) is 0.158. The van der Waals surface area contributed by atoms with Gasteiger partial charge in [0.15, 0.2) is 5.83 Å². The Kier molecular flexibility index (Phi) is 4.12. The minimum Gasteiger partial charge on any atom is -0.497 e. The van der Waals surface area contributed by atoms with Crippen LogP contribution >= 0.6 is 11.6 Å². The van der Waals surface area contributed by atoms with E-state index in [1.165, 1.54) is 12.4 Å². The summed E-state index contributed by atoms with van der Waals surface area (Å²) in [5.41, 5.74) is 2.46. The molecule has 0 N–H and O–H groups in total. The monoisotopic (exact) mass is 370 g/mol. The Hall–Kier alpha value is -2.86. The Labute approximate surface area is 155 Å². The van der Waals surface area contributed by atoms with Gasteiger partial charge in [0.2, 0.25) is 6.29 Å². The number of fused-ring (bicyclic) bond motifs is 1. The van der Waals surface area contributed by atoms with Gasteiger partial charge in [0, 0.05) is 23.0 Å². The van der Waals surface area contributed by atoms with E-state index in [0.717, 1.165) is 28.3 Å². The van der Waals surface area contributed by atoms with Crippen molar-refractivity contribution in [2.75, 3.05) is 12.0 Å². The van der Waals surface area contributed by atoms with Gasteiger partial charge < -0.3 is 9.64 Å². The molecule has 26 heavy (non-hydrogen) atoms. The molecule has 1 aliphatic rings. The summed E-state index contributed by atoms with van der Waals surface area (Å²) >= 11 is 5.99. The van der Waals surface area contributed by atoms with Crippen LogP contribution in [-0.4, -0.2) is 22.9 Å². The number of nitrogens with zero attached hydrogens (tertiary/aromatic N) is 4. The molecule has 1 atom stereocenters. The number of hydrogen-bond donors (Lipinski definition) is 0. The fourth-order valence-electron chi connectivity index (χ4n) is 3.07. The van der Waals surface area contributed by atoms with Crippen LogP contribution in [0.25, 0.3) is 11.0 Å². The van der Waals surface area contributed by atoms with Crippen molar-refractivity contribution in [1.82, 2.24) is 9.55 Å². The smallest absolute Gasteiger partial charge is 0.208 e. The van der Waals surface area contributed by atoms with E-state index in [1.807, 2.05) is 41.8 Å². The number of aliphatic imine (C=N–C) groups is 1. The Morgan fingerprint density at radius 2 is 1.92 bits per heavy atom. The molecule has 0 radical (unpaired) electrons. The second-order valence-corrected chi connectivity index (χ2v) is 6.34. The highest BCUT2D eigenvalue weighted by atomic mass is 35.5. The van der Waals surface area contributed by atoms with Gasteiger partial charge >= 0.3 is 0 Å². The zero-order valence-corrected chi connectivity index (χ0v) is 15.0. The molecule has 1 unspecified atom stereocenters. The topological polar surface area (TPSA) is 42.6 Å². The zero-order chi connectivity index (χ0) is 18.3. The molecule has 4 rings (SSSR count). The molecule has 1 aromatic heterocycles. The largest absolute Gasteiger partial charge is 0.497 e. The molecule has 0 fully saturated rings. The highest BCUT2D eigenvalue weighted by Crippen LogP contribution is 2.33. The van der Waals surface area contributed by atoms with Gasteiger partial charge in [0.1, 0.15) is 11.6 Å². The van der Waals surface area contributed by atoms with Crippen LogP contribution in [0.5, 0.6) is 5.75 Å². The molecule has 0 saturated heterocycles. The van der Waals surface area contributed by atoms with Crippen LogP contribution in [0.1, 0.15) is 12.1 Å². The van der Waals surface area contributed by atoms with Gasteiger partial charge in [-0.15, -0.1) is 0 Å². The molecule has 0 bridgehead atoms. The minimum absolute atomic E-state index is 0.421. The highest BCUT2D eigenvalue weighted by Gasteiger charge is 2.25. The third-order valence-electron chi connectivity index (χ3n) is 4.27. The van der Waals surface area contributed by atoms with Crippen molar-refractivity contribution in [2.24, 2.45) is 4.99 Å². The molecule has 0 aliphatic carbocycles. The summed E-state index contributed by atoms with van der Waals surface area (Å²) < 4.78 is 21.2. The van der Waals surface area contributed by atoms with Crippen LogP contribution in [0.2, 0.25) is 5.02 Å². The van der Waals surface area contributed by atoms with Gasteiger partial charge in [-0.3, -0.25) is 4.57 Å². The maximum atomic E-state index is 13.9. The lowest BCUT2D eigenvalue weighted by Gasteiger charge is -2.31. The van der Waals surface area contributed by atoms with Crippen molar-refractivity contribution < 1.29 is 9.13 Å². The molecular weight excluding hydrogens is 355 g/mol. The molecule has 2 heterocycles. The summed E-state index contributed by atoms with van der Waals surface area (Å²) in [5.74, 6) is 1.07. The molecule has 3 aromatic rings. The van der Waals surface area contributed by atoms with Crippen molar-refractivity contribution >= 4 is 34.5 Å². The lowest BCUT2D eigenvalue weighted by atomic mass is 10.2. The average Bonchev–Trinajstić information content (AvgIpc) is 2.97. The SMILES string of the molecule is COc1ccc2nc(C)n(C3N=CC(F)=CN3c3ccc(Cl)cc3)c2c1. The number of aryl methyl sites for hydroxylation is 1. The summed E-state index contributed by atoms with van der Waals surface area (Å²) in [7, 11) is 1.62. The summed E-state index contributed by atoms with van der Waals surface area (Å²) in [4.78, 5) is 10.8.